The number of pyridine rings is 4. The number of aliphatic carboxylic acids is 4. The molecular formula is C46H69N5Ni2O9. The average molecular weight is 953 g/mol. The summed E-state index contributed by atoms with van der Waals surface area (Å²) < 4.78 is 0. The van der Waals surface area contributed by atoms with Crippen molar-refractivity contribution in [3.8, 4) is 6.07 Å². The van der Waals surface area contributed by atoms with Crippen LogP contribution < -0.4 is 20.4 Å². The standard InChI is InChI=1S/4C6H7N.4C5H10O2.C2H3N.2Ni.H2O/c4*1-6-3-2-4-7-5-6;4*1-5(2,3)4(6)7;1-2-3;;;/h4*2-5H,1H3;4*1-3H3,(H,6,7);1H3;;;1H2/q;;;;;;;;;2*+2;/p-4. The molecule has 4 heterocycles. The number of carboxylic acids is 4. The summed E-state index contributed by atoms with van der Waals surface area (Å²) >= 11 is 0. The number of aryl methyl sites for hydroxylation is 4. The summed E-state index contributed by atoms with van der Waals surface area (Å²) in [5.41, 5.74) is 2.06. The molecule has 0 unspecified atom stereocenters. The van der Waals surface area contributed by atoms with Gasteiger partial charge in [0.1, 0.15) is 0 Å². The molecule has 0 saturated heterocycles. The van der Waals surface area contributed by atoms with Gasteiger partial charge in [-0.25, -0.2) is 0 Å². The molecule has 0 aliphatic rings. The first-order chi connectivity index (χ1) is 26.8. The Hall–Kier alpha value is -5.08. The van der Waals surface area contributed by atoms with E-state index < -0.39 is 45.5 Å². The summed E-state index contributed by atoms with van der Waals surface area (Å²) in [6, 6.07) is 17.5. The Morgan fingerprint density at radius 3 is 0.581 bits per heavy atom. The van der Waals surface area contributed by atoms with E-state index in [-0.39, 0.29) is 38.5 Å². The van der Waals surface area contributed by atoms with Crippen molar-refractivity contribution in [2.24, 2.45) is 21.7 Å². The second-order valence-electron chi connectivity index (χ2n) is 16.5. The van der Waals surface area contributed by atoms with Gasteiger partial charge in [0.15, 0.2) is 0 Å². The van der Waals surface area contributed by atoms with E-state index in [2.05, 4.69) is 19.9 Å². The second kappa shape index (κ2) is 41.3. The fourth-order valence-corrected chi connectivity index (χ4v) is 1.79. The first kappa shape index (κ1) is 74.4. The average Bonchev–Trinajstić information content (AvgIpc) is 3.10. The molecule has 0 aliphatic heterocycles. The van der Waals surface area contributed by atoms with Crippen LogP contribution >= 0.6 is 0 Å². The van der Waals surface area contributed by atoms with Gasteiger partial charge in [-0.15, -0.1) is 0 Å². The van der Waals surface area contributed by atoms with Crippen molar-refractivity contribution in [3.05, 3.63) is 120 Å². The zero-order chi connectivity index (χ0) is 47.5. The quantitative estimate of drug-likeness (QED) is 0.222. The van der Waals surface area contributed by atoms with Crippen molar-refractivity contribution < 1.29 is 78.1 Å². The van der Waals surface area contributed by atoms with Gasteiger partial charge in [-0.1, -0.05) is 107 Å². The van der Waals surface area contributed by atoms with Crippen molar-refractivity contribution in [1.29, 1.82) is 5.26 Å². The Bertz CT molecular complexity index is 1460. The maximum atomic E-state index is 9.91. The molecule has 4 aromatic heterocycles. The molecule has 0 aliphatic carbocycles. The molecule has 16 heteroatoms. The number of hydrogen-bond donors (Lipinski definition) is 0. The molecule has 0 radical (unpaired) electrons. The van der Waals surface area contributed by atoms with Crippen LogP contribution in [0.2, 0.25) is 0 Å². The number of rotatable bonds is 0. The van der Waals surface area contributed by atoms with Crippen molar-refractivity contribution in [1.82, 2.24) is 19.9 Å². The van der Waals surface area contributed by atoms with E-state index in [1.165, 1.54) is 29.2 Å². The predicted octanol–water partition coefficient (Wildman–Crippen LogP) is 4.39. The summed E-state index contributed by atoms with van der Waals surface area (Å²) in [7, 11) is 0. The fourth-order valence-electron chi connectivity index (χ4n) is 1.79. The third kappa shape index (κ3) is 61.6. The molecule has 4 rings (SSSR count). The van der Waals surface area contributed by atoms with Gasteiger partial charge in [-0.3, -0.25) is 19.9 Å². The zero-order valence-electron chi connectivity index (χ0n) is 39.4. The first-order valence-electron chi connectivity index (χ1n) is 18.4. The van der Waals surface area contributed by atoms with Gasteiger partial charge in [0, 0.05) is 102 Å². The van der Waals surface area contributed by atoms with Crippen LogP contribution in [0.1, 0.15) is 112 Å². The largest absolute Gasteiger partial charge is 2.00 e. The Balaban J connectivity index is -0.0000000881. The molecule has 352 valence electrons. The van der Waals surface area contributed by atoms with E-state index in [1.54, 1.807) is 114 Å². The van der Waals surface area contributed by atoms with Gasteiger partial charge >= 0.3 is 33.0 Å². The molecule has 14 nitrogen and oxygen atoms in total. The summed E-state index contributed by atoms with van der Waals surface area (Å²) in [4.78, 5) is 55.2. The number of carbonyl (C=O) groups excluding carboxylic acids is 4. The zero-order valence-corrected chi connectivity index (χ0v) is 41.3. The predicted molar refractivity (Wildman–Crippen MR) is 229 cm³/mol. The smallest absolute Gasteiger partial charge is 0.550 e. The van der Waals surface area contributed by atoms with Crippen molar-refractivity contribution in [3.63, 3.8) is 0 Å². The van der Waals surface area contributed by atoms with Gasteiger partial charge in [0.25, 0.3) is 0 Å². The molecule has 62 heavy (non-hydrogen) atoms. The molecule has 0 saturated carbocycles. The molecule has 0 amide bonds. The molecular weight excluding hydrogens is 884 g/mol. The molecule has 0 fully saturated rings. The number of aromatic nitrogens is 4. The van der Waals surface area contributed by atoms with Crippen molar-refractivity contribution in [2.75, 3.05) is 0 Å². The van der Waals surface area contributed by atoms with Crippen LogP contribution in [0.4, 0.5) is 0 Å². The van der Waals surface area contributed by atoms with Crippen molar-refractivity contribution in [2.45, 2.75) is 118 Å². The molecule has 4 aromatic rings. The number of nitrogens with zero attached hydrogens (tertiary/aromatic N) is 5. The van der Waals surface area contributed by atoms with E-state index in [4.69, 9.17) is 5.26 Å². The normalized spacial score (nSPS) is 9.16. The maximum Gasteiger partial charge on any atom is 2.00 e. The number of carbonyl (C=O) groups is 4. The maximum absolute atomic E-state index is 9.91. The van der Waals surface area contributed by atoms with Crippen LogP contribution in [-0.2, 0) is 52.2 Å². The Morgan fingerprint density at radius 2 is 0.548 bits per heavy atom. The molecule has 0 aromatic carbocycles. The van der Waals surface area contributed by atoms with Gasteiger partial charge < -0.3 is 45.1 Å². The minimum absolute atomic E-state index is 0. The Kier molecular flexibility index (Phi) is 49.5. The molecule has 0 atom stereocenters. The molecule has 0 spiro atoms. The van der Waals surface area contributed by atoms with E-state index in [9.17, 15) is 39.6 Å². The summed E-state index contributed by atoms with van der Waals surface area (Å²) in [5, 5.41) is 47.0. The topological polar surface area (TPSA) is 267 Å². The van der Waals surface area contributed by atoms with Crippen LogP contribution in [0, 0.1) is 60.7 Å². The Labute approximate surface area is 391 Å². The summed E-state index contributed by atoms with van der Waals surface area (Å²) in [6.45, 7) is 28.7. The summed E-state index contributed by atoms with van der Waals surface area (Å²) in [5.74, 6) is -4.03. The third-order valence-corrected chi connectivity index (χ3v) is 5.69. The van der Waals surface area contributed by atoms with E-state index in [1.807, 2.05) is 101 Å². The van der Waals surface area contributed by atoms with Gasteiger partial charge in [0.05, 0.1) is 6.07 Å². The number of nitriles is 1. The number of hydrogen-bond acceptors (Lipinski definition) is 13. The minimum atomic E-state index is -1.01. The van der Waals surface area contributed by atoms with E-state index >= 15 is 0 Å². The van der Waals surface area contributed by atoms with Gasteiger partial charge in [-0.2, -0.15) is 5.26 Å². The van der Waals surface area contributed by atoms with Crippen LogP contribution in [0.3, 0.4) is 0 Å². The first-order valence-corrected chi connectivity index (χ1v) is 18.4. The minimum Gasteiger partial charge on any atom is -0.550 e. The Morgan fingerprint density at radius 1 is 0.435 bits per heavy atom. The monoisotopic (exact) mass is 951 g/mol. The second-order valence-corrected chi connectivity index (χ2v) is 16.5. The van der Waals surface area contributed by atoms with E-state index in [0.717, 1.165) is 0 Å². The van der Waals surface area contributed by atoms with E-state index in [0.29, 0.717) is 0 Å². The summed E-state index contributed by atoms with van der Waals surface area (Å²) in [6.07, 6.45) is 14.4. The van der Waals surface area contributed by atoms with Gasteiger partial charge in [-0.05, 0) is 74.2 Å². The SMILES string of the molecule is CC#N.CC(C)(C)C(=O)[O-].CC(C)(C)C(=O)[O-].CC(C)(C)C(=O)[O-].CC(C)(C)C(=O)[O-].Cc1cccnc1.Cc1cccnc1.Cc1cccnc1.Cc1cccnc1.O.[Ni+2].[Ni+2]. The van der Waals surface area contributed by atoms with Crippen LogP contribution in [0.15, 0.2) is 98.1 Å². The number of carboxylic acid groups (broad SMARTS) is 4. The van der Waals surface area contributed by atoms with Crippen LogP contribution in [0.25, 0.3) is 0 Å². The van der Waals surface area contributed by atoms with Crippen molar-refractivity contribution >= 4 is 23.9 Å². The van der Waals surface area contributed by atoms with Crippen LogP contribution in [-0.4, -0.2) is 49.3 Å². The third-order valence-electron chi connectivity index (χ3n) is 5.69. The molecule has 2 N–H and O–H groups in total. The van der Waals surface area contributed by atoms with Gasteiger partial charge in [0.2, 0.25) is 0 Å². The fraction of sp³-hybridized carbons (Fsp3) is 0.457. The molecule has 0 bridgehead atoms. The van der Waals surface area contributed by atoms with Crippen LogP contribution in [0.5, 0.6) is 0 Å².